The van der Waals surface area contributed by atoms with Crippen LogP contribution in [-0.2, 0) is 24.2 Å². The maximum Gasteiger partial charge on any atom is 0.221 e. The zero-order valence-corrected chi connectivity index (χ0v) is 18.9. The third-order valence-corrected chi connectivity index (χ3v) is 5.11. The van der Waals surface area contributed by atoms with E-state index in [0.29, 0.717) is 36.6 Å². The van der Waals surface area contributed by atoms with Crippen LogP contribution in [0.5, 0.6) is 23.0 Å². The Hall–Kier alpha value is -3.67. The summed E-state index contributed by atoms with van der Waals surface area (Å²) in [5, 5.41) is 2.89. The van der Waals surface area contributed by atoms with Gasteiger partial charge in [-0.25, -0.2) is 0 Å². The Morgan fingerprint density at radius 1 is 0.844 bits per heavy atom. The van der Waals surface area contributed by atoms with Crippen molar-refractivity contribution < 1.29 is 23.7 Å². The molecular weight excluding hydrogens is 406 g/mol. The van der Waals surface area contributed by atoms with E-state index in [2.05, 4.69) is 5.32 Å². The van der Waals surface area contributed by atoms with E-state index in [9.17, 15) is 4.79 Å². The van der Waals surface area contributed by atoms with Crippen molar-refractivity contribution in [3.8, 4) is 23.0 Å². The number of anilines is 1. The molecule has 6 heteroatoms. The molecule has 0 heterocycles. The zero-order chi connectivity index (χ0) is 22.9. The second-order valence-electron chi connectivity index (χ2n) is 7.26. The van der Waals surface area contributed by atoms with Crippen LogP contribution >= 0.6 is 0 Å². The summed E-state index contributed by atoms with van der Waals surface area (Å²) in [6.07, 6.45) is 1.25. The maximum absolute atomic E-state index is 11.7. The van der Waals surface area contributed by atoms with Gasteiger partial charge >= 0.3 is 0 Å². The second-order valence-corrected chi connectivity index (χ2v) is 7.26. The van der Waals surface area contributed by atoms with Crippen molar-refractivity contribution in [2.24, 2.45) is 0 Å². The van der Waals surface area contributed by atoms with Crippen LogP contribution in [0.3, 0.4) is 0 Å². The highest BCUT2D eigenvalue weighted by molar-refractivity contribution is 5.90. The molecule has 0 unspecified atom stereocenters. The van der Waals surface area contributed by atoms with Crippen molar-refractivity contribution in [2.45, 2.75) is 26.4 Å². The SMILES string of the molecule is COc1ccc(OCc2ccccc2)c(CCc2c(NC(C)=O)ccc(OC)c2OC)c1. The molecule has 0 aromatic heterocycles. The number of methoxy groups -OCH3 is 3. The summed E-state index contributed by atoms with van der Waals surface area (Å²) in [6, 6.07) is 19.4. The number of benzene rings is 3. The number of carbonyl (C=O) groups excluding carboxylic acids is 1. The molecule has 0 bridgehead atoms. The summed E-state index contributed by atoms with van der Waals surface area (Å²) in [4.78, 5) is 11.7. The molecule has 6 nitrogen and oxygen atoms in total. The summed E-state index contributed by atoms with van der Waals surface area (Å²) in [5.41, 5.74) is 3.65. The first-order valence-corrected chi connectivity index (χ1v) is 10.4. The molecule has 0 saturated carbocycles. The Morgan fingerprint density at radius 2 is 1.59 bits per heavy atom. The van der Waals surface area contributed by atoms with Gasteiger partial charge in [-0.05, 0) is 54.3 Å². The van der Waals surface area contributed by atoms with Gasteiger partial charge in [0.1, 0.15) is 18.1 Å². The Morgan fingerprint density at radius 3 is 2.25 bits per heavy atom. The molecule has 0 atom stereocenters. The Balaban J connectivity index is 1.89. The first-order chi connectivity index (χ1) is 15.5. The number of amides is 1. The fourth-order valence-electron chi connectivity index (χ4n) is 3.56. The lowest BCUT2D eigenvalue weighted by Gasteiger charge is -2.18. The lowest BCUT2D eigenvalue weighted by Crippen LogP contribution is -2.10. The van der Waals surface area contributed by atoms with Gasteiger partial charge in [-0.3, -0.25) is 4.79 Å². The number of carbonyl (C=O) groups is 1. The van der Waals surface area contributed by atoms with Crippen LogP contribution in [0.2, 0.25) is 0 Å². The van der Waals surface area contributed by atoms with E-state index in [1.165, 1.54) is 6.92 Å². The van der Waals surface area contributed by atoms with Gasteiger partial charge in [-0.1, -0.05) is 30.3 Å². The highest BCUT2D eigenvalue weighted by Gasteiger charge is 2.17. The van der Waals surface area contributed by atoms with Crippen molar-refractivity contribution in [3.63, 3.8) is 0 Å². The lowest BCUT2D eigenvalue weighted by molar-refractivity contribution is -0.114. The molecular formula is C26H29NO5. The molecule has 0 radical (unpaired) electrons. The molecule has 1 N–H and O–H groups in total. The van der Waals surface area contributed by atoms with Gasteiger partial charge in [0, 0.05) is 18.2 Å². The van der Waals surface area contributed by atoms with Crippen LogP contribution in [-0.4, -0.2) is 27.2 Å². The topological polar surface area (TPSA) is 66.0 Å². The number of nitrogens with one attached hydrogen (secondary N) is 1. The highest BCUT2D eigenvalue weighted by Crippen LogP contribution is 2.38. The minimum atomic E-state index is -0.147. The fraction of sp³-hybridized carbons (Fsp3) is 0.269. The van der Waals surface area contributed by atoms with Crippen molar-refractivity contribution >= 4 is 11.6 Å². The predicted molar refractivity (Wildman–Crippen MR) is 125 cm³/mol. The third-order valence-electron chi connectivity index (χ3n) is 5.11. The molecule has 0 saturated heterocycles. The van der Waals surface area contributed by atoms with Crippen LogP contribution in [0.25, 0.3) is 0 Å². The van der Waals surface area contributed by atoms with E-state index >= 15 is 0 Å². The minimum absolute atomic E-state index is 0.147. The van der Waals surface area contributed by atoms with E-state index < -0.39 is 0 Å². The molecule has 0 aliphatic rings. The van der Waals surface area contributed by atoms with Gasteiger partial charge in [0.2, 0.25) is 5.91 Å². The van der Waals surface area contributed by atoms with Crippen LogP contribution in [0.15, 0.2) is 60.7 Å². The monoisotopic (exact) mass is 435 g/mol. The quantitative estimate of drug-likeness (QED) is 0.484. The number of hydrogen-bond acceptors (Lipinski definition) is 5. The molecule has 0 spiro atoms. The smallest absolute Gasteiger partial charge is 0.221 e. The number of ether oxygens (including phenoxy) is 4. The van der Waals surface area contributed by atoms with Crippen LogP contribution in [0.4, 0.5) is 5.69 Å². The maximum atomic E-state index is 11.7. The summed E-state index contributed by atoms with van der Waals surface area (Å²) >= 11 is 0. The van der Waals surface area contributed by atoms with Gasteiger partial charge in [-0.15, -0.1) is 0 Å². The molecule has 0 aliphatic carbocycles. The molecule has 3 aromatic rings. The van der Waals surface area contributed by atoms with Crippen molar-refractivity contribution in [1.29, 1.82) is 0 Å². The zero-order valence-electron chi connectivity index (χ0n) is 18.9. The standard InChI is InChI=1S/C26H29NO5/c1-18(28)27-23-13-15-25(30-3)26(31-4)22(23)12-10-20-16-21(29-2)11-14-24(20)32-17-19-8-6-5-7-9-19/h5-9,11,13-16H,10,12,17H2,1-4H3,(H,27,28). The highest BCUT2D eigenvalue weighted by atomic mass is 16.5. The normalized spacial score (nSPS) is 10.4. The van der Waals surface area contributed by atoms with E-state index in [4.69, 9.17) is 18.9 Å². The van der Waals surface area contributed by atoms with Gasteiger partial charge in [-0.2, -0.15) is 0 Å². The average molecular weight is 436 g/mol. The van der Waals surface area contributed by atoms with Crippen LogP contribution < -0.4 is 24.3 Å². The van der Waals surface area contributed by atoms with E-state index in [0.717, 1.165) is 28.2 Å². The molecule has 32 heavy (non-hydrogen) atoms. The number of hydrogen-bond donors (Lipinski definition) is 1. The predicted octanol–water partition coefficient (Wildman–Crippen LogP) is 5.04. The third kappa shape index (κ3) is 5.72. The van der Waals surface area contributed by atoms with Gasteiger partial charge in [0.15, 0.2) is 11.5 Å². The molecule has 168 valence electrons. The van der Waals surface area contributed by atoms with Crippen LogP contribution in [0, 0.1) is 0 Å². The number of aryl methyl sites for hydroxylation is 1. The second kappa shape index (κ2) is 11.1. The van der Waals surface area contributed by atoms with Gasteiger partial charge < -0.3 is 24.3 Å². The van der Waals surface area contributed by atoms with Gasteiger partial charge in [0.05, 0.1) is 21.3 Å². The summed E-state index contributed by atoms with van der Waals surface area (Å²) in [6.45, 7) is 1.96. The Kier molecular flexibility index (Phi) is 7.97. The lowest BCUT2D eigenvalue weighted by atomic mass is 10.00. The van der Waals surface area contributed by atoms with Crippen molar-refractivity contribution in [2.75, 3.05) is 26.6 Å². The molecule has 0 fully saturated rings. The molecule has 3 aromatic carbocycles. The fourth-order valence-corrected chi connectivity index (χ4v) is 3.56. The average Bonchev–Trinajstić information content (AvgIpc) is 2.82. The molecule has 1 amide bonds. The minimum Gasteiger partial charge on any atom is -0.497 e. The summed E-state index contributed by atoms with van der Waals surface area (Å²) in [7, 11) is 4.83. The Labute approximate surface area is 189 Å². The Bertz CT molecular complexity index is 1050. The van der Waals surface area contributed by atoms with E-state index in [-0.39, 0.29) is 5.91 Å². The molecule has 3 rings (SSSR count). The largest absolute Gasteiger partial charge is 0.497 e. The van der Waals surface area contributed by atoms with Gasteiger partial charge in [0.25, 0.3) is 0 Å². The first-order valence-electron chi connectivity index (χ1n) is 10.4. The number of rotatable bonds is 10. The first kappa shape index (κ1) is 23.0. The van der Waals surface area contributed by atoms with Crippen molar-refractivity contribution in [1.82, 2.24) is 0 Å². The van der Waals surface area contributed by atoms with E-state index in [1.54, 1.807) is 27.4 Å². The van der Waals surface area contributed by atoms with Crippen molar-refractivity contribution in [3.05, 3.63) is 77.4 Å². The summed E-state index contributed by atoms with van der Waals surface area (Å²) < 4.78 is 22.6. The van der Waals surface area contributed by atoms with Crippen LogP contribution in [0.1, 0.15) is 23.6 Å². The molecule has 0 aliphatic heterocycles. The van der Waals surface area contributed by atoms with E-state index in [1.807, 2.05) is 54.6 Å². The summed E-state index contributed by atoms with van der Waals surface area (Å²) in [5.74, 6) is 2.62.